The van der Waals surface area contributed by atoms with Gasteiger partial charge >= 0.3 is 0 Å². The van der Waals surface area contributed by atoms with Crippen molar-refractivity contribution in [1.29, 1.82) is 0 Å². The molecule has 0 aliphatic carbocycles. The van der Waals surface area contributed by atoms with E-state index in [1.165, 1.54) is 6.42 Å². The number of aliphatic hydroxyl groups is 1. The van der Waals surface area contributed by atoms with Crippen LogP contribution in [0.15, 0.2) is 0 Å². The Morgan fingerprint density at radius 2 is 2.16 bits per heavy atom. The molecule has 0 aromatic carbocycles. The highest BCUT2D eigenvalue weighted by molar-refractivity contribution is 5.76. The Kier molecular flexibility index (Phi) is 6.07. The minimum absolute atomic E-state index is 0.211. The van der Waals surface area contributed by atoms with Crippen LogP contribution in [0.2, 0.25) is 0 Å². The molecule has 2 fully saturated rings. The van der Waals surface area contributed by atoms with Crippen LogP contribution in [0.25, 0.3) is 0 Å². The Morgan fingerprint density at radius 1 is 1.26 bits per heavy atom. The maximum Gasteiger partial charge on any atom is 0.222 e. The van der Waals surface area contributed by atoms with Gasteiger partial charge in [0, 0.05) is 32.6 Å². The van der Waals surface area contributed by atoms with Crippen LogP contribution in [0.1, 0.15) is 25.7 Å². The minimum Gasteiger partial charge on any atom is -0.395 e. The van der Waals surface area contributed by atoms with E-state index in [0.29, 0.717) is 18.2 Å². The van der Waals surface area contributed by atoms with E-state index in [4.69, 9.17) is 5.11 Å². The second-order valence-electron chi connectivity index (χ2n) is 5.70. The molecular weight excluding hydrogens is 242 g/mol. The maximum atomic E-state index is 12.2. The first-order chi connectivity index (χ1) is 9.29. The number of nitrogens with one attached hydrogen (secondary N) is 1. The van der Waals surface area contributed by atoms with Crippen LogP contribution in [0.5, 0.6) is 0 Å². The highest BCUT2D eigenvalue weighted by Crippen LogP contribution is 2.15. The van der Waals surface area contributed by atoms with E-state index in [1.54, 1.807) is 0 Å². The predicted molar refractivity (Wildman–Crippen MR) is 74.9 cm³/mol. The molecule has 2 heterocycles. The smallest absolute Gasteiger partial charge is 0.222 e. The molecule has 0 aromatic heterocycles. The average molecular weight is 269 g/mol. The molecule has 1 atom stereocenters. The highest BCUT2D eigenvalue weighted by atomic mass is 16.3. The highest BCUT2D eigenvalue weighted by Gasteiger charge is 2.21. The molecule has 2 aliphatic rings. The standard InChI is InChI=1S/C14H27N3O2/c18-11-10-16-6-1-7-17(9-8-16)14(19)3-2-13-4-5-15-12-13/h13,15,18H,1-12H2. The van der Waals surface area contributed by atoms with Gasteiger partial charge in [0.25, 0.3) is 0 Å². The number of β-amino-alcohol motifs (C(OH)–C–C–N with tert-alkyl or cyclic N) is 1. The zero-order valence-corrected chi connectivity index (χ0v) is 11.8. The summed E-state index contributed by atoms with van der Waals surface area (Å²) < 4.78 is 0. The lowest BCUT2D eigenvalue weighted by atomic mass is 10.0. The fourth-order valence-corrected chi connectivity index (χ4v) is 3.03. The molecular formula is C14H27N3O2. The Labute approximate surface area is 115 Å². The first kappa shape index (κ1) is 14.8. The lowest BCUT2D eigenvalue weighted by molar-refractivity contribution is -0.131. The summed E-state index contributed by atoms with van der Waals surface area (Å²) in [6.45, 7) is 6.73. The molecule has 19 heavy (non-hydrogen) atoms. The molecule has 0 spiro atoms. The SMILES string of the molecule is O=C(CCC1CCNC1)N1CCCN(CCO)CC1. The molecule has 5 heteroatoms. The summed E-state index contributed by atoms with van der Waals surface area (Å²) in [6, 6.07) is 0. The molecule has 0 bridgehead atoms. The fraction of sp³-hybridized carbons (Fsp3) is 0.929. The van der Waals surface area contributed by atoms with Gasteiger partial charge in [0.15, 0.2) is 0 Å². The summed E-state index contributed by atoms with van der Waals surface area (Å²) in [4.78, 5) is 16.5. The van der Waals surface area contributed by atoms with E-state index in [2.05, 4.69) is 10.2 Å². The first-order valence-electron chi connectivity index (χ1n) is 7.61. The lowest BCUT2D eigenvalue weighted by Gasteiger charge is -2.22. The number of hydrogen-bond acceptors (Lipinski definition) is 4. The first-order valence-corrected chi connectivity index (χ1v) is 7.61. The topological polar surface area (TPSA) is 55.8 Å². The predicted octanol–water partition coefficient (Wildman–Crippen LogP) is -0.0973. The van der Waals surface area contributed by atoms with Crippen LogP contribution in [0.4, 0.5) is 0 Å². The third kappa shape index (κ3) is 4.75. The molecule has 2 rings (SSSR count). The number of rotatable bonds is 5. The summed E-state index contributed by atoms with van der Waals surface area (Å²) in [6.07, 6.45) is 3.98. The zero-order valence-electron chi connectivity index (χ0n) is 11.8. The number of aliphatic hydroxyl groups excluding tert-OH is 1. The molecule has 2 aliphatic heterocycles. The van der Waals surface area contributed by atoms with Crippen molar-refractivity contribution in [2.45, 2.75) is 25.7 Å². The lowest BCUT2D eigenvalue weighted by Crippen LogP contribution is -2.36. The van der Waals surface area contributed by atoms with Crippen molar-refractivity contribution in [2.75, 3.05) is 52.4 Å². The largest absolute Gasteiger partial charge is 0.395 e. The van der Waals surface area contributed by atoms with Crippen molar-refractivity contribution in [3.63, 3.8) is 0 Å². The van der Waals surface area contributed by atoms with E-state index in [-0.39, 0.29) is 6.61 Å². The molecule has 2 N–H and O–H groups in total. The summed E-state index contributed by atoms with van der Waals surface area (Å²) in [5.41, 5.74) is 0. The van der Waals surface area contributed by atoms with Crippen LogP contribution >= 0.6 is 0 Å². The van der Waals surface area contributed by atoms with Gasteiger partial charge in [-0.25, -0.2) is 0 Å². The maximum absolute atomic E-state index is 12.2. The van der Waals surface area contributed by atoms with E-state index in [9.17, 15) is 4.79 Å². The van der Waals surface area contributed by atoms with Crippen molar-refractivity contribution in [3.05, 3.63) is 0 Å². The molecule has 5 nitrogen and oxygen atoms in total. The molecule has 1 unspecified atom stereocenters. The van der Waals surface area contributed by atoms with Gasteiger partial charge in [-0.3, -0.25) is 9.69 Å². The zero-order chi connectivity index (χ0) is 13.5. The van der Waals surface area contributed by atoms with Gasteiger partial charge in [-0.1, -0.05) is 0 Å². The Bertz CT molecular complexity index is 280. The molecule has 1 amide bonds. The number of hydrogen-bond donors (Lipinski definition) is 2. The quantitative estimate of drug-likeness (QED) is 0.732. The van der Waals surface area contributed by atoms with Gasteiger partial charge in [0.1, 0.15) is 0 Å². The summed E-state index contributed by atoms with van der Waals surface area (Å²) in [5.74, 6) is 1.01. The number of amides is 1. The van der Waals surface area contributed by atoms with Crippen molar-refractivity contribution >= 4 is 5.91 Å². The van der Waals surface area contributed by atoms with Crippen molar-refractivity contribution in [1.82, 2.24) is 15.1 Å². The van der Waals surface area contributed by atoms with Gasteiger partial charge in [0.2, 0.25) is 5.91 Å². The summed E-state index contributed by atoms with van der Waals surface area (Å²) >= 11 is 0. The van der Waals surface area contributed by atoms with Crippen LogP contribution < -0.4 is 5.32 Å². The van der Waals surface area contributed by atoms with Crippen LogP contribution in [0, 0.1) is 5.92 Å². The van der Waals surface area contributed by atoms with E-state index in [0.717, 1.165) is 58.7 Å². The van der Waals surface area contributed by atoms with Crippen molar-refractivity contribution in [3.8, 4) is 0 Å². The van der Waals surface area contributed by atoms with Crippen molar-refractivity contribution < 1.29 is 9.90 Å². The second kappa shape index (κ2) is 7.82. The number of nitrogens with zero attached hydrogens (tertiary/aromatic N) is 2. The second-order valence-corrected chi connectivity index (χ2v) is 5.70. The Morgan fingerprint density at radius 3 is 2.89 bits per heavy atom. The molecule has 0 saturated carbocycles. The number of carbonyl (C=O) groups excluding carboxylic acids is 1. The summed E-state index contributed by atoms with van der Waals surface area (Å²) in [7, 11) is 0. The van der Waals surface area contributed by atoms with Gasteiger partial charge in [-0.05, 0) is 44.8 Å². The monoisotopic (exact) mass is 269 g/mol. The van der Waals surface area contributed by atoms with Gasteiger partial charge in [0.05, 0.1) is 6.61 Å². The van der Waals surface area contributed by atoms with E-state index in [1.807, 2.05) is 4.90 Å². The van der Waals surface area contributed by atoms with Crippen LogP contribution in [-0.4, -0.2) is 73.2 Å². The van der Waals surface area contributed by atoms with E-state index >= 15 is 0 Å². The Balaban J connectivity index is 1.69. The third-order valence-electron chi connectivity index (χ3n) is 4.29. The van der Waals surface area contributed by atoms with E-state index < -0.39 is 0 Å². The molecule has 0 radical (unpaired) electrons. The van der Waals surface area contributed by atoms with Gasteiger partial charge in [-0.15, -0.1) is 0 Å². The third-order valence-corrected chi connectivity index (χ3v) is 4.29. The fourth-order valence-electron chi connectivity index (χ4n) is 3.03. The van der Waals surface area contributed by atoms with Gasteiger partial charge < -0.3 is 15.3 Å². The van der Waals surface area contributed by atoms with Crippen molar-refractivity contribution in [2.24, 2.45) is 5.92 Å². The van der Waals surface area contributed by atoms with Crippen LogP contribution in [0.3, 0.4) is 0 Å². The molecule has 110 valence electrons. The average Bonchev–Trinajstić information content (AvgIpc) is 2.82. The van der Waals surface area contributed by atoms with Gasteiger partial charge in [-0.2, -0.15) is 0 Å². The van der Waals surface area contributed by atoms with Crippen LogP contribution in [-0.2, 0) is 4.79 Å². The molecule has 0 aromatic rings. The normalized spacial score (nSPS) is 25.5. The molecule has 2 saturated heterocycles. The number of carbonyl (C=O) groups is 1. The minimum atomic E-state index is 0.211. The Hall–Kier alpha value is -0.650. The summed E-state index contributed by atoms with van der Waals surface area (Å²) in [5, 5.41) is 12.3.